The van der Waals surface area contributed by atoms with Crippen LogP contribution in [0.2, 0.25) is 0 Å². The highest BCUT2D eigenvalue weighted by molar-refractivity contribution is 5.93. The van der Waals surface area contributed by atoms with Crippen LogP contribution < -0.4 is 16.4 Å². The molecule has 0 bridgehead atoms. The summed E-state index contributed by atoms with van der Waals surface area (Å²) in [7, 11) is 2.81. The molecule has 0 saturated carbocycles. The molecule has 5 nitrogen and oxygen atoms in total. The Bertz CT molecular complexity index is 391. The van der Waals surface area contributed by atoms with Crippen molar-refractivity contribution < 1.29 is 22.3 Å². The second kappa shape index (κ2) is 9.35. The van der Waals surface area contributed by atoms with Gasteiger partial charge in [0.25, 0.3) is 0 Å². The van der Waals surface area contributed by atoms with E-state index in [1.165, 1.54) is 19.4 Å². The molecule has 0 amide bonds. The fourth-order valence-electron chi connectivity index (χ4n) is 1.28. The number of alkyl halides is 4. The lowest BCUT2D eigenvalue weighted by Gasteiger charge is -2.18. The van der Waals surface area contributed by atoms with Crippen molar-refractivity contribution >= 4 is 5.71 Å². The summed E-state index contributed by atoms with van der Waals surface area (Å²) in [5, 5.41) is 0. The molecule has 0 heterocycles. The number of allylic oxidation sites excluding steroid dienone is 2. The predicted molar refractivity (Wildman–Crippen MR) is 72.8 cm³/mol. The summed E-state index contributed by atoms with van der Waals surface area (Å²) in [5.74, 6) is -2.57. The van der Waals surface area contributed by atoms with Gasteiger partial charge in [-0.25, -0.2) is 14.8 Å². The van der Waals surface area contributed by atoms with Crippen molar-refractivity contribution in [3.63, 3.8) is 0 Å². The third kappa shape index (κ3) is 8.30. The van der Waals surface area contributed by atoms with Gasteiger partial charge in [0.2, 0.25) is 5.88 Å². The third-order valence-electron chi connectivity index (χ3n) is 2.30. The van der Waals surface area contributed by atoms with Gasteiger partial charge in [-0.2, -0.15) is 18.7 Å². The molecule has 21 heavy (non-hydrogen) atoms. The minimum absolute atomic E-state index is 0.300. The van der Waals surface area contributed by atoms with E-state index in [4.69, 9.17) is 4.74 Å². The SMILES string of the molecule is CNNN/C=C/C(C)=N\C(=C/C(C(C)F)C(F)(F)F)OC. The van der Waals surface area contributed by atoms with E-state index < -0.39 is 18.3 Å². The van der Waals surface area contributed by atoms with Gasteiger partial charge in [0.15, 0.2) is 0 Å². The van der Waals surface area contributed by atoms with Gasteiger partial charge in [0.05, 0.1) is 7.11 Å². The summed E-state index contributed by atoms with van der Waals surface area (Å²) in [6.45, 7) is 2.40. The van der Waals surface area contributed by atoms with Gasteiger partial charge in [-0.3, -0.25) is 0 Å². The zero-order chi connectivity index (χ0) is 16.5. The van der Waals surface area contributed by atoms with Crippen molar-refractivity contribution in [2.45, 2.75) is 26.2 Å². The Balaban J connectivity index is 5.04. The molecule has 122 valence electrons. The summed E-state index contributed by atoms with van der Waals surface area (Å²) >= 11 is 0. The molecule has 2 unspecified atom stereocenters. The first-order valence-electron chi connectivity index (χ1n) is 6.08. The lowest BCUT2D eigenvalue weighted by molar-refractivity contribution is -0.174. The molecule has 0 aliphatic heterocycles. The fraction of sp³-hybridized carbons (Fsp3) is 0.583. The Morgan fingerprint density at radius 3 is 2.38 bits per heavy atom. The van der Waals surface area contributed by atoms with Crippen molar-refractivity contribution in [2.75, 3.05) is 14.2 Å². The maximum absolute atomic E-state index is 13.1. The first-order chi connectivity index (χ1) is 9.72. The van der Waals surface area contributed by atoms with Crippen LogP contribution in [-0.2, 0) is 4.74 Å². The van der Waals surface area contributed by atoms with E-state index >= 15 is 0 Å². The molecule has 0 rings (SSSR count). The molecule has 0 saturated heterocycles. The Morgan fingerprint density at radius 1 is 1.33 bits per heavy atom. The van der Waals surface area contributed by atoms with Crippen LogP contribution in [0.4, 0.5) is 17.6 Å². The van der Waals surface area contributed by atoms with Crippen molar-refractivity contribution in [1.29, 1.82) is 0 Å². The molecule has 0 aliphatic carbocycles. The Hall–Kier alpha value is -1.61. The molecule has 0 spiro atoms. The summed E-state index contributed by atoms with van der Waals surface area (Å²) < 4.78 is 55.8. The highest BCUT2D eigenvalue weighted by Gasteiger charge is 2.42. The van der Waals surface area contributed by atoms with Crippen molar-refractivity contribution in [2.24, 2.45) is 10.9 Å². The number of nitrogens with one attached hydrogen (secondary N) is 3. The Kier molecular flexibility index (Phi) is 8.63. The zero-order valence-electron chi connectivity index (χ0n) is 12.3. The standard InChI is InChI=1S/C12H20F4N4O/c1-8(5-6-18-20-17-3)19-11(21-4)7-10(9(2)13)12(14,15)16/h5-7,9-10,17-18,20H,1-4H3/b6-5+,11-7+,19-8-. The molecule has 9 heteroatoms. The van der Waals surface area contributed by atoms with Crippen LogP contribution in [0.1, 0.15) is 13.8 Å². The minimum atomic E-state index is -4.70. The molecule has 0 aliphatic rings. The van der Waals surface area contributed by atoms with Crippen LogP contribution in [0, 0.1) is 5.92 Å². The van der Waals surface area contributed by atoms with Gasteiger partial charge in [-0.15, -0.1) is 0 Å². The van der Waals surface area contributed by atoms with Crippen LogP contribution in [0.3, 0.4) is 0 Å². The number of methoxy groups -OCH3 is 1. The van der Waals surface area contributed by atoms with Gasteiger partial charge < -0.3 is 10.2 Å². The van der Waals surface area contributed by atoms with Gasteiger partial charge in [-0.05, 0) is 26.0 Å². The number of hydrogen-bond acceptors (Lipinski definition) is 5. The number of rotatable bonds is 8. The number of hydrogen-bond donors (Lipinski definition) is 3. The molecule has 0 radical (unpaired) electrons. The van der Waals surface area contributed by atoms with E-state index in [-0.39, 0.29) is 5.88 Å². The lowest BCUT2D eigenvalue weighted by Crippen LogP contribution is -2.37. The molecule has 0 aromatic carbocycles. The number of ether oxygens (including phenoxy) is 1. The summed E-state index contributed by atoms with van der Waals surface area (Å²) in [5.41, 5.74) is 8.14. The maximum atomic E-state index is 13.1. The number of hydrazine groups is 2. The van der Waals surface area contributed by atoms with Crippen LogP contribution in [0.25, 0.3) is 0 Å². The van der Waals surface area contributed by atoms with E-state index in [0.29, 0.717) is 11.8 Å². The van der Waals surface area contributed by atoms with Crippen molar-refractivity contribution in [3.05, 3.63) is 24.2 Å². The van der Waals surface area contributed by atoms with Crippen molar-refractivity contribution in [1.82, 2.24) is 16.4 Å². The Morgan fingerprint density at radius 2 is 1.95 bits per heavy atom. The van der Waals surface area contributed by atoms with Gasteiger partial charge in [-0.1, -0.05) is 0 Å². The second-order valence-electron chi connectivity index (χ2n) is 4.06. The number of halogens is 4. The quantitative estimate of drug-likeness (QED) is 0.211. The highest BCUT2D eigenvalue weighted by Crippen LogP contribution is 2.32. The molecule has 3 N–H and O–H groups in total. The van der Waals surface area contributed by atoms with Crippen LogP contribution in [-0.4, -0.2) is 32.2 Å². The molecule has 0 fully saturated rings. The van der Waals surface area contributed by atoms with E-state index in [1.807, 2.05) is 0 Å². The number of aliphatic imine (C=N–C) groups is 1. The molecular formula is C12H20F4N4O. The first kappa shape index (κ1) is 19.4. The summed E-state index contributed by atoms with van der Waals surface area (Å²) in [6.07, 6.45) is -3.19. The van der Waals surface area contributed by atoms with E-state index in [0.717, 1.165) is 6.92 Å². The summed E-state index contributed by atoms with van der Waals surface area (Å²) in [4.78, 5) is 3.84. The zero-order valence-corrected chi connectivity index (χ0v) is 12.3. The molecular weight excluding hydrogens is 292 g/mol. The average molecular weight is 312 g/mol. The predicted octanol–water partition coefficient (Wildman–Crippen LogP) is 2.21. The molecule has 0 aromatic rings. The topological polar surface area (TPSA) is 57.7 Å². The summed E-state index contributed by atoms with van der Waals surface area (Å²) in [6, 6.07) is 0. The highest BCUT2D eigenvalue weighted by atomic mass is 19.4. The Labute approximate surface area is 121 Å². The minimum Gasteiger partial charge on any atom is -0.481 e. The van der Waals surface area contributed by atoms with E-state index in [1.54, 1.807) is 14.0 Å². The largest absolute Gasteiger partial charge is 0.481 e. The van der Waals surface area contributed by atoms with Crippen LogP contribution >= 0.6 is 0 Å². The normalized spacial score (nSPS) is 17.0. The second-order valence-corrected chi connectivity index (χ2v) is 4.06. The van der Waals surface area contributed by atoms with E-state index in [9.17, 15) is 17.6 Å². The molecule has 2 atom stereocenters. The maximum Gasteiger partial charge on any atom is 0.398 e. The molecule has 0 aromatic heterocycles. The number of nitrogens with zero attached hydrogens (tertiary/aromatic N) is 1. The van der Waals surface area contributed by atoms with Gasteiger partial charge in [0.1, 0.15) is 12.1 Å². The third-order valence-corrected chi connectivity index (χ3v) is 2.30. The van der Waals surface area contributed by atoms with E-state index in [2.05, 4.69) is 21.4 Å². The van der Waals surface area contributed by atoms with Crippen LogP contribution in [0.5, 0.6) is 0 Å². The van der Waals surface area contributed by atoms with Gasteiger partial charge in [0, 0.05) is 19.0 Å². The smallest absolute Gasteiger partial charge is 0.398 e. The fourth-order valence-corrected chi connectivity index (χ4v) is 1.28. The monoisotopic (exact) mass is 312 g/mol. The van der Waals surface area contributed by atoms with Crippen molar-refractivity contribution in [3.8, 4) is 0 Å². The average Bonchev–Trinajstić information content (AvgIpc) is 2.37. The van der Waals surface area contributed by atoms with Crippen LogP contribution in [0.15, 0.2) is 29.2 Å². The lowest BCUT2D eigenvalue weighted by atomic mass is 10.0. The first-order valence-corrected chi connectivity index (χ1v) is 6.08. The van der Waals surface area contributed by atoms with Gasteiger partial charge >= 0.3 is 6.18 Å².